The number of carbonyl (C=O) groups is 2. The topological polar surface area (TPSA) is 78.0 Å². The first-order valence-electron chi connectivity index (χ1n) is 14.6. The number of hydrogen-bond donors (Lipinski definition) is 1. The molecule has 0 spiro atoms. The third kappa shape index (κ3) is 7.69. The van der Waals surface area contributed by atoms with Crippen molar-refractivity contribution >= 4 is 35.3 Å². The lowest BCUT2D eigenvalue weighted by Crippen LogP contribution is -2.50. The number of likely N-dealkylation sites (N-methyl/N-ethyl adjacent to an activating group) is 1. The average Bonchev–Trinajstić information content (AvgIpc) is 3.56. The van der Waals surface area contributed by atoms with Gasteiger partial charge in [0.05, 0.1) is 11.3 Å². The van der Waals surface area contributed by atoms with Crippen LogP contribution < -0.4 is 10.2 Å². The first-order valence-corrected chi connectivity index (χ1v) is 15.0. The molecule has 12 heteroatoms. The van der Waals surface area contributed by atoms with Crippen molar-refractivity contribution in [2.24, 2.45) is 0 Å². The summed E-state index contributed by atoms with van der Waals surface area (Å²) in [5, 5.41) is 3.43. The molecule has 0 saturated carbocycles. The smallest absolute Gasteiger partial charge is 0.368 e. The van der Waals surface area contributed by atoms with E-state index in [4.69, 9.17) is 16.3 Å². The van der Waals surface area contributed by atoms with Crippen LogP contribution in [0.15, 0.2) is 54.7 Å². The van der Waals surface area contributed by atoms with Gasteiger partial charge in [0.25, 0.3) is 5.91 Å². The van der Waals surface area contributed by atoms with Gasteiger partial charge in [-0.3, -0.25) is 9.59 Å². The predicted molar refractivity (Wildman–Crippen MR) is 164 cm³/mol. The molecule has 3 aromatic rings. The molecule has 2 aromatic carbocycles. The van der Waals surface area contributed by atoms with Gasteiger partial charge in [0.2, 0.25) is 0 Å². The van der Waals surface area contributed by atoms with Crippen molar-refractivity contribution in [2.75, 3.05) is 63.1 Å². The standard InChI is InChI=1S/C22H17ClF3N3O.C10H18N2O2/c23-18-4-5-19(22(24,25)26)17(9-18)12-29-7-6-27-21-20(29)10-16(11-28-21)15-3-1-2-14(8-15)13-30;1-11-4-6-12(7-5-11)10(13)9-3-2-8-14-9/h1-5,8-11,13H,6-7,12H2,(H,27,28);9H,2-8H2,1H3. The first kappa shape index (κ1) is 31.7. The molecule has 0 aliphatic carbocycles. The van der Waals surface area contributed by atoms with Crippen LogP contribution in [0.25, 0.3) is 11.1 Å². The quantitative estimate of drug-likeness (QED) is 0.368. The number of ether oxygens (including phenoxy) is 1. The number of pyridine rings is 1. The Morgan fingerprint density at radius 1 is 1.09 bits per heavy atom. The SMILES string of the molecule is CN1CCN(C(=O)C2CCCO2)CC1.O=Cc1cccc(-c2cnc3c(c2)N(Cc2cc(Cl)ccc2C(F)(F)F)CCN3)c1. The molecule has 3 aliphatic rings. The summed E-state index contributed by atoms with van der Waals surface area (Å²) in [5.41, 5.74) is 2.22. The van der Waals surface area contributed by atoms with Crippen molar-refractivity contribution in [2.45, 2.75) is 31.7 Å². The molecule has 44 heavy (non-hydrogen) atoms. The van der Waals surface area contributed by atoms with E-state index in [9.17, 15) is 22.8 Å². The molecule has 1 unspecified atom stereocenters. The Labute approximate surface area is 259 Å². The Balaban J connectivity index is 0.000000229. The molecule has 6 rings (SSSR count). The van der Waals surface area contributed by atoms with Gasteiger partial charge in [-0.1, -0.05) is 29.8 Å². The predicted octanol–water partition coefficient (Wildman–Crippen LogP) is 5.60. The van der Waals surface area contributed by atoms with Gasteiger partial charge in [0.1, 0.15) is 18.2 Å². The maximum atomic E-state index is 13.5. The van der Waals surface area contributed by atoms with E-state index in [0.717, 1.165) is 69.1 Å². The summed E-state index contributed by atoms with van der Waals surface area (Å²) in [6.45, 7) is 5.55. The van der Waals surface area contributed by atoms with Gasteiger partial charge < -0.3 is 24.8 Å². The number of piperazine rings is 1. The molecule has 0 bridgehead atoms. The molecular weight excluding hydrogens is 595 g/mol. The highest BCUT2D eigenvalue weighted by Crippen LogP contribution is 2.37. The zero-order valence-electron chi connectivity index (χ0n) is 24.4. The number of rotatable bonds is 5. The summed E-state index contributed by atoms with van der Waals surface area (Å²) in [4.78, 5) is 33.5. The van der Waals surface area contributed by atoms with Crippen LogP contribution in [0, 0.1) is 0 Å². The minimum atomic E-state index is -4.47. The van der Waals surface area contributed by atoms with Crippen molar-refractivity contribution in [1.29, 1.82) is 0 Å². The van der Waals surface area contributed by atoms with Crippen LogP contribution in [0.2, 0.25) is 5.02 Å². The number of nitrogens with one attached hydrogen (secondary N) is 1. The Bertz CT molecular complexity index is 1470. The lowest BCUT2D eigenvalue weighted by atomic mass is 10.0. The number of halogens is 4. The molecule has 1 amide bonds. The Morgan fingerprint density at radius 2 is 1.89 bits per heavy atom. The minimum Gasteiger partial charge on any atom is -0.368 e. The highest BCUT2D eigenvalue weighted by molar-refractivity contribution is 6.30. The second kappa shape index (κ2) is 14.0. The van der Waals surface area contributed by atoms with E-state index in [-0.39, 0.29) is 29.1 Å². The number of carbonyl (C=O) groups excluding carboxylic acids is 2. The van der Waals surface area contributed by atoms with Gasteiger partial charge in [-0.2, -0.15) is 13.2 Å². The number of anilines is 2. The fourth-order valence-corrected chi connectivity index (χ4v) is 5.75. The van der Waals surface area contributed by atoms with E-state index >= 15 is 0 Å². The fraction of sp³-hybridized carbons (Fsp3) is 0.406. The molecule has 1 N–H and O–H groups in total. The number of fused-ring (bicyclic) bond motifs is 1. The molecular formula is C32H35ClF3N5O3. The number of nitrogens with zero attached hydrogens (tertiary/aromatic N) is 4. The van der Waals surface area contributed by atoms with E-state index in [1.54, 1.807) is 24.4 Å². The van der Waals surface area contributed by atoms with Crippen molar-refractivity contribution in [1.82, 2.24) is 14.8 Å². The van der Waals surface area contributed by atoms with Gasteiger partial charge in [0.15, 0.2) is 0 Å². The zero-order valence-corrected chi connectivity index (χ0v) is 25.2. The summed E-state index contributed by atoms with van der Waals surface area (Å²) in [7, 11) is 2.09. The van der Waals surface area contributed by atoms with Crippen molar-refractivity contribution < 1.29 is 27.5 Å². The van der Waals surface area contributed by atoms with E-state index in [1.807, 2.05) is 21.9 Å². The lowest BCUT2D eigenvalue weighted by Gasteiger charge is -2.33. The molecule has 2 saturated heterocycles. The number of aromatic nitrogens is 1. The van der Waals surface area contributed by atoms with Crippen LogP contribution in [-0.2, 0) is 22.3 Å². The molecule has 8 nitrogen and oxygen atoms in total. The Hall–Kier alpha value is -3.67. The maximum Gasteiger partial charge on any atom is 0.416 e. The van der Waals surface area contributed by atoms with Crippen LogP contribution in [-0.4, -0.2) is 86.0 Å². The number of aldehydes is 1. The molecule has 234 valence electrons. The lowest BCUT2D eigenvalue weighted by molar-refractivity contribution is -0.142. The zero-order chi connectivity index (χ0) is 31.3. The highest BCUT2D eigenvalue weighted by Gasteiger charge is 2.34. The second-order valence-corrected chi connectivity index (χ2v) is 11.5. The van der Waals surface area contributed by atoms with Gasteiger partial charge in [-0.25, -0.2) is 4.98 Å². The number of hydrogen-bond acceptors (Lipinski definition) is 7. The molecule has 1 atom stereocenters. The summed E-state index contributed by atoms with van der Waals surface area (Å²) in [6.07, 6.45) is -0.221. The average molecular weight is 630 g/mol. The van der Waals surface area contributed by atoms with Crippen LogP contribution in [0.4, 0.5) is 24.7 Å². The summed E-state index contributed by atoms with van der Waals surface area (Å²) < 4.78 is 45.8. The van der Waals surface area contributed by atoms with E-state index in [2.05, 4.69) is 22.2 Å². The molecule has 2 fully saturated rings. The van der Waals surface area contributed by atoms with Gasteiger partial charge in [0, 0.05) is 74.8 Å². The third-order valence-corrected chi connectivity index (χ3v) is 8.23. The van der Waals surface area contributed by atoms with E-state index < -0.39 is 11.7 Å². The van der Waals surface area contributed by atoms with Crippen LogP contribution in [0.5, 0.6) is 0 Å². The van der Waals surface area contributed by atoms with Crippen LogP contribution >= 0.6 is 11.6 Å². The molecule has 4 heterocycles. The largest absolute Gasteiger partial charge is 0.416 e. The van der Waals surface area contributed by atoms with Gasteiger partial charge in [-0.05, 0) is 61.3 Å². The molecule has 0 radical (unpaired) electrons. The summed E-state index contributed by atoms with van der Waals surface area (Å²) >= 11 is 5.98. The van der Waals surface area contributed by atoms with Gasteiger partial charge >= 0.3 is 6.18 Å². The monoisotopic (exact) mass is 629 g/mol. The minimum absolute atomic E-state index is 0.0452. The van der Waals surface area contributed by atoms with Crippen LogP contribution in [0.3, 0.4) is 0 Å². The highest BCUT2D eigenvalue weighted by atomic mass is 35.5. The second-order valence-electron chi connectivity index (χ2n) is 11.1. The number of alkyl halides is 3. The fourth-order valence-electron chi connectivity index (χ4n) is 5.55. The maximum absolute atomic E-state index is 13.5. The van der Waals surface area contributed by atoms with Crippen molar-refractivity contribution in [3.8, 4) is 11.1 Å². The summed E-state index contributed by atoms with van der Waals surface area (Å²) in [6, 6.07) is 12.6. The number of benzene rings is 2. The van der Waals surface area contributed by atoms with Gasteiger partial charge in [-0.15, -0.1) is 0 Å². The molecule has 1 aromatic heterocycles. The first-order chi connectivity index (χ1) is 21.1. The molecule has 3 aliphatic heterocycles. The third-order valence-electron chi connectivity index (χ3n) is 7.99. The Kier molecular flexibility index (Phi) is 10.1. The number of amides is 1. The normalized spacial score (nSPS) is 18.6. The Morgan fingerprint density at radius 3 is 2.59 bits per heavy atom. The van der Waals surface area contributed by atoms with Crippen molar-refractivity contribution in [3.05, 3.63) is 76.4 Å². The van der Waals surface area contributed by atoms with E-state index in [1.165, 1.54) is 12.1 Å². The van der Waals surface area contributed by atoms with Crippen LogP contribution in [0.1, 0.15) is 34.3 Å². The van der Waals surface area contributed by atoms with Crippen molar-refractivity contribution in [3.63, 3.8) is 0 Å². The van der Waals surface area contributed by atoms with E-state index in [0.29, 0.717) is 30.2 Å². The summed E-state index contributed by atoms with van der Waals surface area (Å²) in [5.74, 6) is 0.808.